The first kappa shape index (κ1) is 12.7. The van der Waals surface area contributed by atoms with Crippen LogP contribution in [0.5, 0.6) is 0 Å². The lowest BCUT2D eigenvalue weighted by molar-refractivity contribution is 0.112. The van der Waals surface area contributed by atoms with Crippen molar-refractivity contribution in [3.63, 3.8) is 0 Å². The van der Waals surface area contributed by atoms with E-state index in [0.717, 1.165) is 4.47 Å². The zero-order valence-corrected chi connectivity index (χ0v) is 10.6. The highest BCUT2D eigenvalue weighted by Gasteiger charge is 2.14. The van der Waals surface area contributed by atoms with Crippen LogP contribution in [0.25, 0.3) is 0 Å². The van der Waals surface area contributed by atoms with E-state index in [1.165, 1.54) is 6.07 Å². The van der Waals surface area contributed by atoms with Crippen molar-refractivity contribution in [3.05, 3.63) is 34.1 Å². The third-order valence-corrected chi connectivity index (χ3v) is 3.13. The predicted octanol–water partition coefficient (Wildman–Crippen LogP) is 3.54. The molecule has 1 aromatic carbocycles. The molecule has 2 unspecified atom stereocenters. The van der Waals surface area contributed by atoms with Gasteiger partial charge in [-0.3, -0.25) is 0 Å². The van der Waals surface area contributed by atoms with Crippen molar-refractivity contribution in [3.8, 4) is 0 Å². The molecule has 0 aliphatic heterocycles. The second-order valence-electron chi connectivity index (χ2n) is 3.89. The summed E-state index contributed by atoms with van der Waals surface area (Å²) in [6.45, 7) is 3.87. The van der Waals surface area contributed by atoms with Gasteiger partial charge in [-0.1, -0.05) is 35.8 Å². The lowest BCUT2D eigenvalue weighted by Gasteiger charge is -2.17. The maximum Gasteiger partial charge on any atom is 0.127 e. The second-order valence-corrected chi connectivity index (χ2v) is 4.81. The van der Waals surface area contributed by atoms with Crippen LogP contribution in [-0.2, 0) is 6.42 Å². The van der Waals surface area contributed by atoms with Crippen LogP contribution in [0.15, 0.2) is 22.7 Å². The molecule has 84 valence electrons. The maximum absolute atomic E-state index is 13.5. The number of halogens is 2. The van der Waals surface area contributed by atoms with E-state index >= 15 is 0 Å². The van der Waals surface area contributed by atoms with Gasteiger partial charge in [-0.25, -0.2) is 4.39 Å². The topological polar surface area (TPSA) is 20.2 Å². The molecule has 0 heterocycles. The Morgan fingerprint density at radius 2 is 2.13 bits per heavy atom. The SMILES string of the molecule is CCC(O)C(C)Cc1ccc(Br)cc1F. The monoisotopic (exact) mass is 274 g/mol. The van der Waals surface area contributed by atoms with E-state index in [2.05, 4.69) is 15.9 Å². The Hall–Kier alpha value is -0.410. The standard InChI is InChI=1S/C12H16BrFO/c1-3-12(15)8(2)6-9-4-5-10(13)7-11(9)14/h4-5,7-8,12,15H,3,6H2,1-2H3. The molecule has 0 spiro atoms. The summed E-state index contributed by atoms with van der Waals surface area (Å²) in [7, 11) is 0. The van der Waals surface area contributed by atoms with E-state index in [-0.39, 0.29) is 17.8 Å². The average Bonchev–Trinajstić information content (AvgIpc) is 2.20. The second kappa shape index (κ2) is 5.61. The molecule has 0 fully saturated rings. The number of aliphatic hydroxyl groups is 1. The Morgan fingerprint density at radius 3 is 2.67 bits per heavy atom. The normalized spacial score (nSPS) is 15.0. The molecule has 1 N–H and O–H groups in total. The smallest absolute Gasteiger partial charge is 0.127 e. The fourth-order valence-electron chi connectivity index (χ4n) is 1.57. The van der Waals surface area contributed by atoms with Crippen LogP contribution < -0.4 is 0 Å². The van der Waals surface area contributed by atoms with Crippen molar-refractivity contribution in [2.24, 2.45) is 5.92 Å². The minimum atomic E-state index is -0.354. The number of rotatable bonds is 4. The molecule has 0 radical (unpaired) electrons. The van der Waals surface area contributed by atoms with E-state index in [0.29, 0.717) is 18.4 Å². The van der Waals surface area contributed by atoms with Crippen LogP contribution in [0.2, 0.25) is 0 Å². The van der Waals surface area contributed by atoms with E-state index in [1.54, 1.807) is 6.07 Å². The van der Waals surface area contributed by atoms with E-state index in [1.807, 2.05) is 19.9 Å². The van der Waals surface area contributed by atoms with Gasteiger partial charge in [0.15, 0.2) is 0 Å². The first-order chi connectivity index (χ1) is 7.04. The molecule has 1 aromatic rings. The van der Waals surface area contributed by atoms with Crippen LogP contribution in [0.1, 0.15) is 25.8 Å². The van der Waals surface area contributed by atoms with Gasteiger partial charge in [0.25, 0.3) is 0 Å². The largest absolute Gasteiger partial charge is 0.393 e. The zero-order chi connectivity index (χ0) is 11.4. The van der Waals surface area contributed by atoms with Crippen molar-refractivity contribution in [2.45, 2.75) is 32.8 Å². The number of aliphatic hydroxyl groups excluding tert-OH is 1. The summed E-state index contributed by atoms with van der Waals surface area (Å²) < 4.78 is 14.2. The highest BCUT2D eigenvalue weighted by atomic mass is 79.9. The summed E-state index contributed by atoms with van der Waals surface area (Å²) in [5, 5.41) is 9.60. The van der Waals surface area contributed by atoms with Crippen molar-refractivity contribution < 1.29 is 9.50 Å². The number of hydrogen-bond acceptors (Lipinski definition) is 1. The Bertz CT molecular complexity index is 327. The number of hydrogen-bond donors (Lipinski definition) is 1. The van der Waals surface area contributed by atoms with Gasteiger partial charge >= 0.3 is 0 Å². The van der Waals surface area contributed by atoms with Gasteiger partial charge in [0.05, 0.1) is 6.10 Å². The molecule has 0 aliphatic carbocycles. The van der Waals surface area contributed by atoms with E-state index in [9.17, 15) is 9.50 Å². The average molecular weight is 275 g/mol. The highest BCUT2D eigenvalue weighted by Crippen LogP contribution is 2.20. The minimum Gasteiger partial charge on any atom is -0.393 e. The lowest BCUT2D eigenvalue weighted by atomic mass is 9.94. The van der Waals surface area contributed by atoms with Crippen molar-refractivity contribution in [2.75, 3.05) is 0 Å². The first-order valence-corrected chi connectivity index (χ1v) is 5.96. The Balaban J connectivity index is 2.72. The third kappa shape index (κ3) is 3.58. The molecule has 0 bridgehead atoms. The Labute approximate surface area is 98.4 Å². The fourth-order valence-corrected chi connectivity index (χ4v) is 1.91. The minimum absolute atomic E-state index is 0.0886. The quantitative estimate of drug-likeness (QED) is 0.891. The van der Waals surface area contributed by atoms with Gasteiger partial charge in [0.2, 0.25) is 0 Å². The summed E-state index contributed by atoms with van der Waals surface area (Å²) in [5.74, 6) is -0.120. The van der Waals surface area contributed by atoms with Crippen molar-refractivity contribution in [1.29, 1.82) is 0 Å². The Kier molecular flexibility index (Phi) is 4.74. The van der Waals surface area contributed by atoms with Crippen LogP contribution in [-0.4, -0.2) is 11.2 Å². The van der Waals surface area contributed by atoms with Gasteiger partial charge in [-0.15, -0.1) is 0 Å². The molecule has 0 aliphatic rings. The lowest BCUT2D eigenvalue weighted by Crippen LogP contribution is -2.19. The zero-order valence-electron chi connectivity index (χ0n) is 9.00. The van der Waals surface area contributed by atoms with Gasteiger partial charge in [0.1, 0.15) is 5.82 Å². The van der Waals surface area contributed by atoms with Crippen molar-refractivity contribution >= 4 is 15.9 Å². The Morgan fingerprint density at radius 1 is 1.47 bits per heavy atom. The van der Waals surface area contributed by atoms with Crippen LogP contribution in [0, 0.1) is 11.7 Å². The molecule has 1 rings (SSSR count). The first-order valence-electron chi connectivity index (χ1n) is 5.16. The molecule has 0 saturated carbocycles. The van der Waals surface area contributed by atoms with Gasteiger partial charge in [-0.05, 0) is 36.5 Å². The van der Waals surface area contributed by atoms with E-state index in [4.69, 9.17) is 0 Å². The van der Waals surface area contributed by atoms with Crippen LogP contribution >= 0.6 is 15.9 Å². The van der Waals surface area contributed by atoms with Gasteiger partial charge in [-0.2, -0.15) is 0 Å². The summed E-state index contributed by atoms with van der Waals surface area (Å²) in [6.07, 6.45) is 0.931. The molecular weight excluding hydrogens is 259 g/mol. The van der Waals surface area contributed by atoms with Gasteiger partial charge in [0, 0.05) is 4.47 Å². The molecule has 0 saturated heterocycles. The molecule has 2 atom stereocenters. The molecule has 15 heavy (non-hydrogen) atoms. The predicted molar refractivity (Wildman–Crippen MR) is 63.3 cm³/mol. The van der Waals surface area contributed by atoms with Crippen molar-refractivity contribution in [1.82, 2.24) is 0 Å². The summed E-state index contributed by atoms with van der Waals surface area (Å²) in [6, 6.07) is 5.04. The summed E-state index contributed by atoms with van der Waals surface area (Å²) in [4.78, 5) is 0. The molecular formula is C12H16BrFO. The molecule has 3 heteroatoms. The molecule has 0 amide bonds. The summed E-state index contributed by atoms with van der Waals surface area (Å²) in [5.41, 5.74) is 0.665. The summed E-state index contributed by atoms with van der Waals surface area (Å²) >= 11 is 3.22. The molecule has 0 aromatic heterocycles. The maximum atomic E-state index is 13.5. The number of benzene rings is 1. The third-order valence-electron chi connectivity index (χ3n) is 2.63. The van der Waals surface area contributed by atoms with E-state index < -0.39 is 0 Å². The fraction of sp³-hybridized carbons (Fsp3) is 0.500. The van der Waals surface area contributed by atoms with Crippen LogP contribution in [0.3, 0.4) is 0 Å². The molecule has 1 nitrogen and oxygen atoms in total. The van der Waals surface area contributed by atoms with Gasteiger partial charge < -0.3 is 5.11 Å². The highest BCUT2D eigenvalue weighted by molar-refractivity contribution is 9.10. The van der Waals surface area contributed by atoms with Crippen LogP contribution in [0.4, 0.5) is 4.39 Å².